The van der Waals surface area contributed by atoms with Gasteiger partial charge >= 0.3 is 5.97 Å². The molecule has 156 valence electrons. The van der Waals surface area contributed by atoms with Gasteiger partial charge < -0.3 is 14.8 Å². The highest BCUT2D eigenvalue weighted by Gasteiger charge is 2.19. The average Bonchev–Trinajstić information content (AvgIpc) is 3.22. The SMILES string of the molecule is COC(=O)c1ccc(C(=O)NCc2cccc3c2cnn3C2CCCCO2)cc1Cl. The zero-order valence-corrected chi connectivity index (χ0v) is 17.3. The minimum absolute atomic E-state index is 0.0449. The van der Waals surface area contributed by atoms with Crippen molar-refractivity contribution < 1.29 is 19.1 Å². The standard InChI is InChI=1S/C22H22ClN3O4/c1-29-22(28)16-9-8-14(11-18(16)23)21(27)24-12-15-5-4-6-19-17(15)13-25-26(19)20-7-2-3-10-30-20/h4-6,8-9,11,13,20H,2-3,7,10,12H2,1H3,(H,24,27). The van der Waals surface area contributed by atoms with Gasteiger partial charge in [-0.25, -0.2) is 9.48 Å². The van der Waals surface area contributed by atoms with Crippen LogP contribution in [0.2, 0.25) is 5.02 Å². The summed E-state index contributed by atoms with van der Waals surface area (Å²) in [5.41, 5.74) is 2.53. The number of ether oxygens (including phenoxy) is 2. The van der Waals surface area contributed by atoms with Crippen LogP contribution in [0, 0.1) is 0 Å². The van der Waals surface area contributed by atoms with Gasteiger partial charge in [-0.05, 0) is 49.1 Å². The summed E-state index contributed by atoms with van der Waals surface area (Å²) < 4.78 is 12.4. The minimum Gasteiger partial charge on any atom is -0.465 e. The van der Waals surface area contributed by atoms with Crippen LogP contribution in [0.3, 0.4) is 0 Å². The topological polar surface area (TPSA) is 82.5 Å². The molecule has 1 unspecified atom stereocenters. The first kappa shape index (κ1) is 20.4. The summed E-state index contributed by atoms with van der Waals surface area (Å²) in [7, 11) is 1.28. The van der Waals surface area contributed by atoms with Gasteiger partial charge in [0.15, 0.2) is 6.23 Å². The molecule has 1 amide bonds. The molecule has 7 nitrogen and oxygen atoms in total. The lowest BCUT2D eigenvalue weighted by Crippen LogP contribution is -2.23. The number of benzene rings is 2. The molecule has 1 aliphatic heterocycles. The molecule has 1 N–H and O–H groups in total. The zero-order chi connectivity index (χ0) is 21.1. The number of carbonyl (C=O) groups is 2. The van der Waals surface area contributed by atoms with E-state index >= 15 is 0 Å². The molecule has 0 aliphatic carbocycles. The predicted molar refractivity (Wildman–Crippen MR) is 113 cm³/mol. The van der Waals surface area contributed by atoms with Crippen molar-refractivity contribution in [3.63, 3.8) is 0 Å². The molecular weight excluding hydrogens is 406 g/mol. The number of halogens is 1. The van der Waals surface area contributed by atoms with E-state index in [0.29, 0.717) is 12.1 Å². The number of amides is 1. The molecule has 1 saturated heterocycles. The number of methoxy groups -OCH3 is 1. The maximum Gasteiger partial charge on any atom is 0.339 e. The van der Waals surface area contributed by atoms with Crippen molar-refractivity contribution in [2.75, 3.05) is 13.7 Å². The van der Waals surface area contributed by atoms with Gasteiger partial charge in [0.25, 0.3) is 5.91 Å². The average molecular weight is 428 g/mol. The molecule has 2 aromatic carbocycles. The van der Waals surface area contributed by atoms with Gasteiger partial charge in [-0.15, -0.1) is 0 Å². The first-order valence-corrected chi connectivity index (χ1v) is 10.2. The van der Waals surface area contributed by atoms with E-state index in [0.717, 1.165) is 42.3 Å². The molecule has 0 radical (unpaired) electrons. The molecule has 1 atom stereocenters. The van der Waals surface area contributed by atoms with Gasteiger partial charge in [0.05, 0.1) is 29.4 Å². The Kier molecular flexibility index (Phi) is 6.01. The van der Waals surface area contributed by atoms with Crippen LogP contribution in [0.25, 0.3) is 10.9 Å². The minimum atomic E-state index is -0.544. The molecule has 4 rings (SSSR count). The maximum atomic E-state index is 12.6. The quantitative estimate of drug-likeness (QED) is 0.620. The van der Waals surface area contributed by atoms with E-state index in [2.05, 4.69) is 15.2 Å². The normalized spacial score (nSPS) is 16.4. The predicted octanol–water partition coefficient (Wildman–Crippen LogP) is 4.11. The first-order valence-electron chi connectivity index (χ1n) is 9.81. The Balaban J connectivity index is 1.50. The van der Waals surface area contributed by atoms with Crippen LogP contribution in [0.5, 0.6) is 0 Å². The molecule has 0 bridgehead atoms. The Hall–Kier alpha value is -2.90. The highest BCUT2D eigenvalue weighted by atomic mass is 35.5. The van der Waals surface area contributed by atoms with Crippen LogP contribution in [0.4, 0.5) is 0 Å². The molecule has 30 heavy (non-hydrogen) atoms. The summed E-state index contributed by atoms with van der Waals surface area (Å²) in [6.45, 7) is 1.09. The van der Waals surface area contributed by atoms with Crippen molar-refractivity contribution in [1.29, 1.82) is 0 Å². The molecule has 2 heterocycles. The summed E-state index contributed by atoms with van der Waals surface area (Å²) in [4.78, 5) is 24.2. The fraction of sp³-hybridized carbons (Fsp3) is 0.318. The van der Waals surface area contributed by atoms with E-state index in [1.807, 2.05) is 29.1 Å². The molecule has 1 fully saturated rings. The highest BCUT2D eigenvalue weighted by Crippen LogP contribution is 2.27. The number of carbonyl (C=O) groups excluding carboxylic acids is 2. The summed E-state index contributed by atoms with van der Waals surface area (Å²) in [5.74, 6) is -0.828. The molecule has 8 heteroatoms. The first-order chi connectivity index (χ1) is 14.6. The molecule has 0 saturated carbocycles. The van der Waals surface area contributed by atoms with Crippen molar-refractivity contribution in [3.8, 4) is 0 Å². The van der Waals surface area contributed by atoms with Crippen LogP contribution >= 0.6 is 11.6 Å². The number of hydrogen-bond donors (Lipinski definition) is 1. The summed E-state index contributed by atoms with van der Waals surface area (Å²) in [6, 6.07) is 10.4. The van der Waals surface area contributed by atoms with Gasteiger partial charge in [0, 0.05) is 24.1 Å². The fourth-order valence-corrected chi connectivity index (χ4v) is 3.90. The van der Waals surface area contributed by atoms with Crippen molar-refractivity contribution in [2.24, 2.45) is 0 Å². The lowest BCUT2D eigenvalue weighted by atomic mass is 10.1. The van der Waals surface area contributed by atoms with E-state index < -0.39 is 5.97 Å². The van der Waals surface area contributed by atoms with Crippen molar-refractivity contribution in [2.45, 2.75) is 32.0 Å². The Labute approximate surface area is 178 Å². The van der Waals surface area contributed by atoms with Gasteiger partial charge in [-0.2, -0.15) is 5.10 Å². The van der Waals surface area contributed by atoms with E-state index in [9.17, 15) is 9.59 Å². The third kappa shape index (κ3) is 4.04. The third-order valence-corrected chi connectivity index (χ3v) is 5.55. The Morgan fingerprint density at radius 3 is 2.90 bits per heavy atom. The second-order valence-electron chi connectivity index (χ2n) is 7.13. The second-order valence-corrected chi connectivity index (χ2v) is 7.54. The summed E-state index contributed by atoms with van der Waals surface area (Å²) in [6.07, 6.45) is 4.92. The highest BCUT2D eigenvalue weighted by molar-refractivity contribution is 6.34. The second kappa shape index (κ2) is 8.85. The van der Waals surface area contributed by atoms with Gasteiger partial charge in [-0.1, -0.05) is 23.7 Å². The van der Waals surface area contributed by atoms with Crippen LogP contribution in [0.15, 0.2) is 42.6 Å². The third-order valence-electron chi connectivity index (χ3n) is 5.24. The number of rotatable bonds is 5. The Morgan fingerprint density at radius 2 is 2.17 bits per heavy atom. The van der Waals surface area contributed by atoms with Crippen LogP contribution < -0.4 is 5.32 Å². The number of hydrogen-bond acceptors (Lipinski definition) is 5. The van der Waals surface area contributed by atoms with E-state index in [-0.39, 0.29) is 22.7 Å². The van der Waals surface area contributed by atoms with Crippen molar-refractivity contribution in [1.82, 2.24) is 15.1 Å². The van der Waals surface area contributed by atoms with E-state index in [1.165, 1.54) is 19.2 Å². The van der Waals surface area contributed by atoms with E-state index in [4.69, 9.17) is 16.3 Å². The van der Waals surface area contributed by atoms with E-state index in [1.54, 1.807) is 6.07 Å². The lowest BCUT2D eigenvalue weighted by molar-refractivity contribution is -0.0366. The van der Waals surface area contributed by atoms with Crippen molar-refractivity contribution in [3.05, 3.63) is 64.3 Å². The zero-order valence-electron chi connectivity index (χ0n) is 16.6. The van der Waals surface area contributed by atoms with Crippen molar-refractivity contribution >= 4 is 34.4 Å². The number of nitrogens with zero attached hydrogens (tertiary/aromatic N) is 2. The number of nitrogens with one attached hydrogen (secondary N) is 1. The van der Waals surface area contributed by atoms with Crippen LogP contribution in [0.1, 0.15) is 51.8 Å². The van der Waals surface area contributed by atoms with Gasteiger partial charge in [-0.3, -0.25) is 4.79 Å². The smallest absolute Gasteiger partial charge is 0.339 e. The maximum absolute atomic E-state index is 12.6. The van der Waals surface area contributed by atoms with Gasteiger partial charge in [0.1, 0.15) is 0 Å². The molecule has 0 spiro atoms. The molecule has 1 aromatic heterocycles. The lowest BCUT2D eigenvalue weighted by Gasteiger charge is -2.23. The number of esters is 1. The molecule has 3 aromatic rings. The van der Waals surface area contributed by atoms with Crippen LogP contribution in [-0.4, -0.2) is 35.4 Å². The molecular formula is C22H22ClN3O4. The van der Waals surface area contributed by atoms with Crippen LogP contribution in [-0.2, 0) is 16.0 Å². The fourth-order valence-electron chi connectivity index (χ4n) is 3.64. The Morgan fingerprint density at radius 1 is 1.30 bits per heavy atom. The number of fused-ring (bicyclic) bond motifs is 1. The van der Waals surface area contributed by atoms with Gasteiger partial charge in [0.2, 0.25) is 0 Å². The summed E-state index contributed by atoms with van der Waals surface area (Å²) >= 11 is 6.12. The number of aromatic nitrogens is 2. The molecule has 1 aliphatic rings. The summed E-state index contributed by atoms with van der Waals surface area (Å²) in [5, 5.41) is 8.58. The Bertz CT molecular complexity index is 1090. The monoisotopic (exact) mass is 427 g/mol. The largest absolute Gasteiger partial charge is 0.465 e.